The first-order valence-electron chi connectivity index (χ1n) is 9.67. The average Bonchev–Trinajstić information content (AvgIpc) is 2.93. The van der Waals surface area contributed by atoms with E-state index in [1.54, 1.807) is 28.0 Å². The van der Waals surface area contributed by atoms with E-state index in [1.807, 2.05) is 44.2 Å². The molecule has 0 saturated carbocycles. The second-order valence-corrected chi connectivity index (χ2v) is 10.1. The minimum Gasteiger partial charge on any atom is -0.456 e. The number of benzene rings is 1. The van der Waals surface area contributed by atoms with Gasteiger partial charge < -0.3 is 9.64 Å². The number of para-hydroxylation sites is 1. The van der Waals surface area contributed by atoms with Gasteiger partial charge >= 0.3 is 5.97 Å². The standard InChI is InChI=1S/C22H25NO4S2/c1-14-10-11-23(18-6-4-5-7-20(18)29-14)21(25)13-27-22(26)9-8-19(24)17-12-15(2)28-16(17)3/h4-7,12,14H,8-11,13H2,1-3H3. The smallest absolute Gasteiger partial charge is 0.306 e. The highest BCUT2D eigenvalue weighted by molar-refractivity contribution is 8.00. The van der Waals surface area contributed by atoms with Crippen LogP contribution in [-0.4, -0.2) is 36.1 Å². The summed E-state index contributed by atoms with van der Waals surface area (Å²) in [6.07, 6.45) is 0.932. The largest absolute Gasteiger partial charge is 0.456 e. The van der Waals surface area contributed by atoms with Gasteiger partial charge in [-0.05, 0) is 38.5 Å². The highest BCUT2D eigenvalue weighted by atomic mass is 32.2. The van der Waals surface area contributed by atoms with Gasteiger partial charge in [-0.25, -0.2) is 0 Å². The van der Waals surface area contributed by atoms with Crippen LogP contribution in [0.5, 0.6) is 0 Å². The summed E-state index contributed by atoms with van der Waals surface area (Å²) in [6, 6.07) is 9.65. The highest BCUT2D eigenvalue weighted by Crippen LogP contribution is 2.37. The number of fused-ring (bicyclic) bond motifs is 1. The number of esters is 1. The maximum Gasteiger partial charge on any atom is 0.306 e. The van der Waals surface area contributed by atoms with Crippen LogP contribution < -0.4 is 4.90 Å². The van der Waals surface area contributed by atoms with Crippen LogP contribution in [0.25, 0.3) is 0 Å². The van der Waals surface area contributed by atoms with Crippen molar-refractivity contribution in [3.05, 3.63) is 45.6 Å². The van der Waals surface area contributed by atoms with Crippen LogP contribution in [0, 0.1) is 13.8 Å². The van der Waals surface area contributed by atoms with Crippen molar-refractivity contribution in [2.24, 2.45) is 0 Å². The fourth-order valence-electron chi connectivity index (χ4n) is 3.30. The molecule has 1 aliphatic rings. The van der Waals surface area contributed by atoms with Crippen molar-refractivity contribution in [3.63, 3.8) is 0 Å². The number of nitrogens with zero attached hydrogens (tertiary/aromatic N) is 1. The normalized spacial score (nSPS) is 16.1. The van der Waals surface area contributed by atoms with Crippen molar-refractivity contribution in [2.45, 2.75) is 50.2 Å². The Bertz CT molecular complexity index is 921. The first kappa shape index (κ1) is 21.6. The first-order chi connectivity index (χ1) is 13.8. The molecule has 1 aromatic heterocycles. The van der Waals surface area contributed by atoms with Gasteiger partial charge in [0.25, 0.3) is 5.91 Å². The van der Waals surface area contributed by atoms with Crippen LogP contribution in [0.2, 0.25) is 0 Å². The third-order valence-corrected chi connectivity index (χ3v) is 7.00. The monoisotopic (exact) mass is 431 g/mol. The fourth-order valence-corrected chi connectivity index (χ4v) is 5.35. The first-order valence-corrected chi connectivity index (χ1v) is 11.4. The van der Waals surface area contributed by atoms with E-state index >= 15 is 0 Å². The molecule has 2 aromatic rings. The summed E-state index contributed by atoms with van der Waals surface area (Å²) in [4.78, 5) is 41.9. The topological polar surface area (TPSA) is 63.7 Å². The zero-order valence-electron chi connectivity index (χ0n) is 16.9. The second kappa shape index (κ2) is 9.59. The summed E-state index contributed by atoms with van der Waals surface area (Å²) in [5.41, 5.74) is 1.53. The number of amides is 1. The lowest BCUT2D eigenvalue weighted by Crippen LogP contribution is -2.35. The predicted molar refractivity (Wildman–Crippen MR) is 117 cm³/mol. The number of carbonyl (C=O) groups excluding carboxylic acids is 3. The molecule has 0 N–H and O–H groups in total. The van der Waals surface area contributed by atoms with E-state index in [-0.39, 0.29) is 31.1 Å². The Morgan fingerprint density at radius 3 is 2.66 bits per heavy atom. The maximum absolute atomic E-state index is 12.7. The molecule has 29 heavy (non-hydrogen) atoms. The van der Waals surface area contributed by atoms with Gasteiger partial charge in [-0.3, -0.25) is 14.4 Å². The van der Waals surface area contributed by atoms with E-state index in [9.17, 15) is 14.4 Å². The molecule has 7 heteroatoms. The molecule has 5 nitrogen and oxygen atoms in total. The minimum atomic E-state index is -0.526. The predicted octanol–water partition coefficient (Wildman–Crippen LogP) is 4.79. The van der Waals surface area contributed by atoms with Gasteiger partial charge in [0.2, 0.25) is 0 Å². The van der Waals surface area contributed by atoms with Gasteiger partial charge in [0.15, 0.2) is 12.4 Å². The maximum atomic E-state index is 12.7. The highest BCUT2D eigenvalue weighted by Gasteiger charge is 2.25. The van der Waals surface area contributed by atoms with E-state index in [0.717, 1.165) is 26.8 Å². The van der Waals surface area contributed by atoms with Crippen molar-refractivity contribution < 1.29 is 19.1 Å². The molecule has 0 bridgehead atoms. The number of ether oxygens (including phenoxy) is 1. The summed E-state index contributed by atoms with van der Waals surface area (Å²) in [5.74, 6) is -0.833. The molecule has 0 radical (unpaired) electrons. The summed E-state index contributed by atoms with van der Waals surface area (Å²) in [6.45, 7) is 6.28. The van der Waals surface area contributed by atoms with Gasteiger partial charge in [0.05, 0.1) is 12.1 Å². The lowest BCUT2D eigenvalue weighted by Gasteiger charge is -2.22. The number of hydrogen-bond acceptors (Lipinski definition) is 6. The zero-order chi connectivity index (χ0) is 21.0. The van der Waals surface area contributed by atoms with E-state index < -0.39 is 5.97 Å². The lowest BCUT2D eigenvalue weighted by atomic mass is 10.1. The number of anilines is 1. The Balaban J connectivity index is 1.53. The number of carbonyl (C=O) groups is 3. The van der Waals surface area contributed by atoms with Crippen LogP contribution in [0.4, 0.5) is 5.69 Å². The van der Waals surface area contributed by atoms with Crippen LogP contribution in [0.15, 0.2) is 35.2 Å². The molecular weight excluding hydrogens is 406 g/mol. The summed E-state index contributed by atoms with van der Waals surface area (Å²) in [7, 11) is 0. The van der Waals surface area contributed by atoms with Gasteiger partial charge in [-0.2, -0.15) is 0 Å². The van der Waals surface area contributed by atoms with Gasteiger partial charge in [-0.15, -0.1) is 23.1 Å². The van der Waals surface area contributed by atoms with Crippen LogP contribution in [-0.2, 0) is 14.3 Å². The third kappa shape index (κ3) is 5.48. The van der Waals surface area contributed by atoms with Gasteiger partial charge in [0.1, 0.15) is 0 Å². The second-order valence-electron chi connectivity index (χ2n) is 7.14. The fraction of sp³-hybridized carbons (Fsp3) is 0.409. The Hall–Kier alpha value is -2.12. The Kier molecular flexibility index (Phi) is 7.14. The molecule has 1 atom stereocenters. The number of hydrogen-bond donors (Lipinski definition) is 0. The molecule has 154 valence electrons. The van der Waals surface area contributed by atoms with Crippen molar-refractivity contribution in [1.29, 1.82) is 0 Å². The van der Waals surface area contributed by atoms with E-state index in [1.165, 1.54) is 0 Å². The number of thioether (sulfide) groups is 1. The van der Waals surface area contributed by atoms with Crippen molar-refractivity contribution >= 4 is 46.4 Å². The van der Waals surface area contributed by atoms with Crippen molar-refractivity contribution in [1.82, 2.24) is 0 Å². The van der Waals surface area contributed by atoms with E-state index in [2.05, 4.69) is 6.92 Å². The van der Waals surface area contributed by atoms with Crippen LogP contribution in [0.3, 0.4) is 0 Å². The van der Waals surface area contributed by atoms with Crippen LogP contribution >= 0.6 is 23.1 Å². The molecule has 3 rings (SSSR count). The Morgan fingerprint density at radius 2 is 1.93 bits per heavy atom. The van der Waals surface area contributed by atoms with E-state index in [4.69, 9.17) is 4.74 Å². The van der Waals surface area contributed by atoms with E-state index in [0.29, 0.717) is 17.4 Å². The van der Waals surface area contributed by atoms with Gasteiger partial charge in [0, 0.05) is 38.4 Å². The lowest BCUT2D eigenvalue weighted by molar-refractivity contribution is -0.147. The summed E-state index contributed by atoms with van der Waals surface area (Å²) >= 11 is 3.32. The van der Waals surface area contributed by atoms with Crippen molar-refractivity contribution in [2.75, 3.05) is 18.1 Å². The summed E-state index contributed by atoms with van der Waals surface area (Å²) in [5, 5.41) is 0.409. The molecule has 0 saturated heterocycles. The number of aryl methyl sites for hydroxylation is 2. The summed E-state index contributed by atoms with van der Waals surface area (Å²) < 4.78 is 5.17. The molecule has 1 aromatic carbocycles. The Labute approximate surface area is 179 Å². The molecule has 1 amide bonds. The quantitative estimate of drug-likeness (QED) is 0.486. The molecule has 1 unspecified atom stereocenters. The zero-order valence-corrected chi connectivity index (χ0v) is 18.5. The third-order valence-electron chi connectivity index (χ3n) is 4.80. The SMILES string of the molecule is Cc1cc(C(=O)CCC(=O)OCC(=O)N2CCC(C)Sc3ccccc32)c(C)s1. The minimum absolute atomic E-state index is 0.0239. The number of ketones is 1. The number of rotatable bonds is 6. The van der Waals surface area contributed by atoms with Gasteiger partial charge in [-0.1, -0.05) is 19.1 Å². The molecular formula is C22H25NO4S2. The van der Waals surface area contributed by atoms with Crippen LogP contribution in [0.1, 0.15) is 46.3 Å². The van der Waals surface area contributed by atoms with Crippen molar-refractivity contribution in [3.8, 4) is 0 Å². The average molecular weight is 432 g/mol. The number of Topliss-reactive ketones (excluding diaryl/α,β-unsaturated/α-hetero) is 1. The molecule has 0 fully saturated rings. The molecule has 0 aliphatic carbocycles. The molecule has 0 spiro atoms. The molecule has 1 aliphatic heterocycles. The number of thiophene rings is 1. The Morgan fingerprint density at radius 1 is 1.17 bits per heavy atom. The molecule has 2 heterocycles.